The molecule has 0 radical (unpaired) electrons. The standard InChI is InChI=1S/C22H19Cl2NO2/c23-15-9-10-19-16(12-15)17(11-14-7-3-4-8-18(14)24)20(22(26)27)21(25-19)13-5-1-2-6-13/h3-4,7-10,12-13H,1-2,5-6,11H2,(H,26,27). The Kier molecular flexibility index (Phi) is 5.07. The van der Waals surface area contributed by atoms with E-state index < -0.39 is 5.97 Å². The van der Waals surface area contributed by atoms with Crippen LogP contribution in [0.25, 0.3) is 10.9 Å². The molecule has 1 aromatic heterocycles. The van der Waals surface area contributed by atoms with Crippen molar-refractivity contribution in [3.05, 3.63) is 74.9 Å². The number of fused-ring (bicyclic) bond motifs is 1. The van der Waals surface area contributed by atoms with Gasteiger partial charge in [0.2, 0.25) is 0 Å². The number of benzene rings is 2. The van der Waals surface area contributed by atoms with Gasteiger partial charge in [-0.15, -0.1) is 0 Å². The second-order valence-corrected chi connectivity index (χ2v) is 7.91. The molecule has 0 amide bonds. The van der Waals surface area contributed by atoms with E-state index in [4.69, 9.17) is 28.2 Å². The van der Waals surface area contributed by atoms with Gasteiger partial charge in [-0.25, -0.2) is 4.79 Å². The summed E-state index contributed by atoms with van der Waals surface area (Å²) < 4.78 is 0. The largest absolute Gasteiger partial charge is 0.478 e. The van der Waals surface area contributed by atoms with E-state index >= 15 is 0 Å². The zero-order valence-corrected chi connectivity index (χ0v) is 16.2. The first-order chi connectivity index (χ1) is 13.0. The van der Waals surface area contributed by atoms with Crippen LogP contribution in [0, 0.1) is 0 Å². The normalized spacial score (nSPS) is 14.7. The number of nitrogens with zero attached hydrogens (tertiary/aromatic N) is 1. The van der Waals surface area contributed by atoms with Crippen molar-refractivity contribution in [2.45, 2.75) is 38.0 Å². The molecule has 2 aromatic carbocycles. The highest BCUT2D eigenvalue weighted by Gasteiger charge is 2.28. The highest BCUT2D eigenvalue weighted by atomic mass is 35.5. The summed E-state index contributed by atoms with van der Waals surface area (Å²) in [5, 5.41) is 12.0. The Bertz CT molecular complexity index is 1030. The van der Waals surface area contributed by atoms with Crippen molar-refractivity contribution in [2.24, 2.45) is 0 Å². The van der Waals surface area contributed by atoms with Gasteiger partial charge < -0.3 is 5.11 Å². The molecule has 1 N–H and O–H groups in total. The summed E-state index contributed by atoms with van der Waals surface area (Å²) in [6.45, 7) is 0. The summed E-state index contributed by atoms with van der Waals surface area (Å²) in [5.74, 6) is -0.741. The molecule has 0 saturated heterocycles. The molecular formula is C22H19Cl2NO2. The first-order valence-electron chi connectivity index (χ1n) is 9.13. The van der Waals surface area contributed by atoms with Crippen molar-refractivity contribution in [1.82, 2.24) is 4.98 Å². The molecule has 5 heteroatoms. The smallest absolute Gasteiger partial charge is 0.337 e. The minimum atomic E-state index is -0.937. The van der Waals surface area contributed by atoms with Crippen LogP contribution in [0.5, 0.6) is 0 Å². The second kappa shape index (κ2) is 7.49. The summed E-state index contributed by atoms with van der Waals surface area (Å²) in [7, 11) is 0. The molecule has 1 saturated carbocycles. The Labute approximate surface area is 168 Å². The molecule has 4 rings (SSSR count). The topological polar surface area (TPSA) is 50.2 Å². The lowest BCUT2D eigenvalue weighted by Crippen LogP contribution is -2.13. The number of halogens is 2. The Hall–Kier alpha value is -2.10. The molecule has 1 aliphatic carbocycles. The third-order valence-corrected chi connectivity index (χ3v) is 5.97. The summed E-state index contributed by atoms with van der Waals surface area (Å²) in [4.78, 5) is 17.1. The average molecular weight is 400 g/mol. The van der Waals surface area contributed by atoms with E-state index in [1.807, 2.05) is 30.3 Å². The van der Waals surface area contributed by atoms with Crippen molar-refractivity contribution in [3.63, 3.8) is 0 Å². The third kappa shape index (κ3) is 3.54. The fourth-order valence-electron chi connectivity index (χ4n) is 4.07. The Morgan fingerprint density at radius 1 is 1.11 bits per heavy atom. The van der Waals surface area contributed by atoms with Crippen molar-refractivity contribution < 1.29 is 9.90 Å². The molecule has 0 bridgehead atoms. The van der Waals surface area contributed by atoms with E-state index in [9.17, 15) is 9.90 Å². The number of hydrogen-bond acceptors (Lipinski definition) is 2. The minimum absolute atomic E-state index is 0.196. The van der Waals surface area contributed by atoms with Crippen molar-refractivity contribution in [2.75, 3.05) is 0 Å². The number of carbonyl (C=O) groups is 1. The number of carboxylic acid groups (broad SMARTS) is 1. The molecular weight excluding hydrogens is 381 g/mol. The molecule has 1 heterocycles. The lowest BCUT2D eigenvalue weighted by Gasteiger charge is -2.19. The summed E-state index contributed by atoms with van der Waals surface area (Å²) in [5.41, 5.74) is 3.44. The molecule has 0 spiro atoms. The van der Waals surface area contributed by atoms with E-state index in [1.54, 1.807) is 12.1 Å². The fraction of sp³-hybridized carbons (Fsp3) is 0.273. The van der Waals surface area contributed by atoms with Crippen LogP contribution in [0.1, 0.15) is 58.8 Å². The van der Waals surface area contributed by atoms with Crippen LogP contribution in [0.4, 0.5) is 0 Å². The molecule has 27 heavy (non-hydrogen) atoms. The van der Waals surface area contributed by atoms with Crippen LogP contribution >= 0.6 is 23.2 Å². The number of aromatic carboxylic acids is 1. The van der Waals surface area contributed by atoms with E-state index in [-0.39, 0.29) is 5.92 Å². The van der Waals surface area contributed by atoms with Crippen LogP contribution in [-0.4, -0.2) is 16.1 Å². The SMILES string of the molecule is O=C(O)c1c(C2CCCC2)nc2ccc(Cl)cc2c1Cc1ccccc1Cl. The predicted octanol–water partition coefficient (Wildman–Crippen LogP) is 6.49. The number of hydrogen-bond donors (Lipinski definition) is 1. The molecule has 0 aliphatic heterocycles. The van der Waals surface area contributed by atoms with Crippen molar-refractivity contribution in [3.8, 4) is 0 Å². The summed E-state index contributed by atoms with van der Waals surface area (Å²) in [6.07, 6.45) is 4.63. The van der Waals surface area contributed by atoms with Crippen molar-refractivity contribution in [1.29, 1.82) is 0 Å². The van der Waals surface area contributed by atoms with Gasteiger partial charge in [-0.05, 0) is 48.2 Å². The van der Waals surface area contributed by atoms with Crippen molar-refractivity contribution >= 4 is 40.1 Å². The third-order valence-electron chi connectivity index (χ3n) is 5.36. The molecule has 3 nitrogen and oxygen atoms in total. The lowest BCUT2D eigenvalue weighted by molar-refractivity contribution is 0.0693. The highest BCUT2D eigenvalue weighted by Crippen LogP contribution is 2.39. The molecule has 1 aliphatic rings. The monoisotopic (exact) mass is 399 g/mol. The average Bonchev–Trinajstić information content (AvgIpc) is 3.17. The van der Waals surface area contributed by atoms with Crippen LogP contribution in [-0.2, 0) is 6.42 Å². The minimum Gasteiger partial charge on any atom is -0.478 e. The van der Waals surface area contributed by atoms with Gasteiger partial charge in [0.25, 0.3) is 0 Å². The van der Waals surface area contributed by atoms with E-state index in [0.29, 0.717) is 27.7 Å². The predicted molar refractivity (Wildman–Crippen MR) is 109 cm³/mol. The van der Waals surface area contributed by atoms with E-state index in [0.717, 1.165) is 47.7 Å². The van der Waals surface area contributed by atoms with Gasteiger partial charge in [-0.1, -0.05) is 54.2 Å². The van der Waals surface area contributed by atoms with Gasteiger partial charge in [0.15, 0.2) is 0 Å². The lowest BCUT2D eigenvalue weighted by atomic mass is 9.89. The Balaban J connectivity index is 2.00. The van der Waals surface area contributed by atoms with Gasteiger partial charge in [0.05, 0.1) is 16.8 Å². The summed E-state index contributed by atoms with van der Waals surface area (Å²) >= 11 is 12.6. The molecule has 138 valence electrons. The fourth-order valence-corrected chi connectivity index (χ4v) is 4.45. The van der Waals surface area contributed by atoms with Gasteiger partial charge >= 0.3 is 5.97 Å². The van der Waals surface area contributed by atoms with Crippen LogP contribution in [0.3, 0.4) is 0 Å². The molecule has 0 unspecified atom stereocenters. The maximum Gasteiger partial charge on any atom is 0.337 e. The molecule has 0 atom stereocenters. The zero-order valence-electron chi connectivity index (χ0n) is 14.7. The number of aromatic nitrogens is 1. The van der Waals surface area contributed by atoms with Gasteiger partial charge in [-0.2, -0.15) is 0 Å². The first-order valence-corrected chi connectivity index (χ1v) is 9.89. The summed E-state index contributed by atoms with van der Waals surface area (Å²) in [6, 6.07) is 13.0. The van der Waals surface area contributed by atoms with Crippen LogP contribution in [0.15, 0.2) is 42.5 Å². The Morgan fingerprint density at radius 2 is 1.85 bits per heavy atom. The Morgan fingerprint density at radius 3 is 2.56 bits per heavy atom. The highest BCUT2D eigenvalue weighted by molar-refractivity contribution is 6.31. The van der Waals surface area contributed by atoms with Gasteiger partial charge in [0.1, 0.15) is 0 Å². The van der Waals surface area contributed by atoms with E-state index in [1.165, 1.54) is 0 Å². The second-order valence-electron chi connectivity index (χ2n) is 7.07. The van der Waals surface area contributed by atoms with Gasteiger partial charge in [0, 0.05) is 27.8 Å². The van der Waals surface area contributed by atoms with E-state index in [2.05, 4.69) is 0 Å². The van der Waals surface area contributed by atoms with Crippen LogP contribution < -0.4 is 0 Å². The quantitative estimate of drug-likeness (QED) is 0.545. The number of pyridine rings is 1. The number of carboxylic acids is 1. The molecule has 3 aromatic rings. The zero-order chi connectivity index (χ0) is 19.0. The number of rotatable bonds is 4. The van der Waals surface area contributed by atoms with Crippen LogP contribution in [0.2, 0.25) is 10.0 Å². The first kappa shape index (κ1) is 18.3. The maximum absolute atomic E-state index is 12.3. The maximum atomic E-state index is 12.3. The van der Waals surface area contributed by atoms with Gasteiger partial charge in [-0.3, -0.25) is 4.98 Å². The molecule has 1 fully saturated rings.